The zero-order valence-electron chi connectivity index (χ0n) is 63.9. The first-order valence-corrected chi connectivity index (χ1v) is 35.4. The molecule has 0 heterocycles. The predicted molar refractivity (Wildman–Crippen MR) is 398 cm³/mol. The van der Waals surface area contributed by atoms with Crippen molar-refractivity contribution in [2.75, 3.05) is 159 Å². The van der Waals surface area contributed by atoms with E-state index >= 15 is 0 Å². The second kappa shape index (κ2) is 82.8. The molecule has 2 atom stereocenters. The summed E-state index contributed by atoms with van der Waals surface area (Å²) < 4.78 is 89.1. The first kappa shape index (κ1) is 108. The van der Waals surface area contributed by atoms with Crippen molar-refractivity contribution < 1.29 is 153 Å². The van der Waals surface area contributed by atoms with Gasteiger partial charge in [0.1, 0.15) is 65.1 Å². The van der Waals surface area contributed by atoms with Gasteiger partial charge < -0.3 is 95.5 Å². The van der Waals surface area contributed by atoms with Gasteiger partial charge in [-0.25, -0.2) is 47.9 Å². The molecule has 0 spiro atoms. The van der Waals surface area contributed by atoms with Crippen LogP contribution in [0, 0.1) is 5.41 Å². The van der Waals surface area contributed by atoms with Crippen LogP contribution in [0.25, 0.3) is 0 Å². The number of unbranched alkanes of at least 4 members (excludes halogenated alkanes) is 10. The Labute approximate surface area is 641 Å². The number of ether oxygens (including phenoxy) is 18. The number of aliphatic hydroxyl groups excluding tert-OH is 2. The van der Waals surface area contributed by atoms with Crippen LogP contribution in [0.3, 0.4) is 0 Å². The van der Waals surface area contributed by atoms with Crippen LogP contribution >= 0.6 is 0 Å². The van der Waals surface area contributed by atoms with E-state index in [9.17, 15) is 67.7 Å². The molecule has 32 nitrogen and oxygen atoms in total. The largest absolute Gasteiger partial charge is 0.463 e. The highest BCUT2D eigenvalue weighted by Crippen LogP contribution is 2.16. The quantitative estimate of drug-likeness (QED) is 0.0259. The SMILES string of the molecule is C=CC(=O)OCC(C)(C)COC(=O)C=C.C=CC(=O)OCC(O)COCCCCCCOCC(O)COC(=O)C=C.C=CC(=O)OCCCCCC(=O)OCCOCCOC(=O)CCCCCOC(=O)C=C.C=CC(=O)OCCOCCCCCCOCCOC(=O)C=C.C=CC(=O)OCCOCCOC(=O)C=C. The molecule has 2 unspecified atom stereocenters. The smallest absolute Gasteiger partial charge is 0.330 e. The van der Waals surface area contributed by atoms with E-state index in [0.717, 1.165) is 125 Å². The van der Waals surface area contributed by atoms with E-state index in [1.807, 2.05) is 13.8 Å². The molecule has 0 aromatic rings. The number of esters is 12. The van der Waals surface area contributed by atoms with Crippen LogP contribution in [0.5, 0.6) is 0 Å². The lowest BCUT2D eigenvalue weighted by molar-refractivity contribution is -0.148. The van der Waals surface area contributed by atoms with Crippen LogP contribution in [0.15, 0.2) is 127 Å². The summed E-state index contributed by atoms with van der Waals surface area (Å²) in [5.74, 6) is -5.47. The molecule has 0 rings (SSSR count). The Bertz CT molecular complexity index is 2410. The van der Waals surface area contributed by atoms with Crippen molar-refractivity contribution >= 4 is 71.6 Å². The van der Waals surface area contributed by atoms with Crippen molar-refractivity contribution in [3.8, 4) is 0 Å². The summed E-state index contributed by atoms with van der Waals surface area (Å²) in [6.07, 6.45) is 21.6. The third-order valence-electron chi connectivity index (χ3n) is 12.4. The molecule has 0 saturated carbocycles. The topological polar surface area (TPSA) is 411 Å². The maximum absolute atomic E-state index is 11.5. The zero-order valence-corrected chi connectivity index (χ0v) is 63.9. The Balaban J connectivity index is -0.000000425. The normalized spacial score (nSPS) is 10.6. The summed E-state index contributed by atoms with van der Waals surface area (Å²) in [6, 6.07) is 0. The van der Waals surface area contributed by atoms with E-state index < -0.39 is 77.3 Å². The van der Waals surface area contributed by atoms with Crippen LogP contribution in [-0.4, -0.2) is 253 Å². The van der Waals surface area contributed by atoms with Crippen molar-refractivity contribution in [3.05, 3.63) is 127 Å². The summed E-state index contributed by atoms with van der Waals surface area (Å²) in [6.45, 7) is 42.6. The molecule has 2 N–H and O–H groups in total. The second-order valence-corrected chi connectivity index (χ2v) is 22.5. The molecular formula is C77H120O32. The van der Waals surface area contributed by atoms with Gasteiger partial charge in [-0.3, -0.25) is 9.59 Å². The summed E-state index contributed by atoms with van der Waals surface area (Å²) in [5.41, 5.74) is -0.419. The zero-order chi connectivity index (χ0) is 82.7. The van der Waals surface area contributed by atoms with Crippen LogP contribution in [-0.2, 0) is 143 Å². The van der Waals surface area contributed by atoms with Crippen LogP contribution in [0.2, 0.25) is 0 Å². The fraction of sp³-hybridized carbons (Fsp3) is 0.584. The fourth-order valence-electron chi connectivity index (χ4n) is 6.81. The number of hydrogen-bond acceptors (Lipinski definition) is 32. The van der Waals surface area contributed by atoms with E-state index in [0.29, 0.717) is 91.4 Å². The average molecular weight is 1560 g/mol. The minimum atomic E-state index is -0.843. The Morgan fingerprint density at radius 2 is 0.440 bits per heavy atom. The van der Waals surface area contributed by atoms with Gasteiger partial charge in [0.2, 0.25) is 0 Å². The minimum Gasteiger partial charge on any atom is -0.463 e. The standard InChI is InChI=1S/C22H34O9.C18H30O8.C16H26O6.C11H16O4.C10H14O5/c1-3-19(23)28-13-9-5-7-11-21(25)30-17-15-27-16-18-31-22(26)12-8-6-10-14-29-20(24)4-2;1-3-17(21)25-13-15(19)11-23-9-7-5-6-8-10-24-12-16(20)14-26-18(22)4-2;1-3-15(17)21-13-11-19-9-7-5-6-8-10-20-12-14-22-16(18)4-2;1-5-9(12)14-7-11(3,4)8-15-10(13)6-2;1-3-9(11)14-7-5-13-6-8-15-10(12)4-2/h3-4H,1-2,5-18H2;3-4,15-16,19-20H,1-2,5-14H2;3-4H,1-2,5-14H2;5-6H,1-2,7-8H2,3-4H3;3-4H,1-2,5-8H2. The molecule has 0 radical (unpaired) electrons. The molecule has 0 saturated heterocycles. The Kier molecular flexibility index (Phi) is 82.3. The lowest BCUT2D eigenvalue weighted by atomic mass is 9.96. The van der Waals surface area contributed by atoms with Gasteiger partial charge in [-0.1, -0.05) is 105 Å². The molecule has 109 heavy (non-hydrogen) atoms. The van der Waals surface area contributed by atoms with Crippen LogP contribution in [0.1, 0.15) is 117 Å². The van der Waals surface area contributed by atoms with Gasteiger partial charge in [0, 0.05) is 105 Å². The van der Waals surface area contributed by atoms with Gasteiger partial charge in [0.05, 0.1) is 79.3 Å². The number of carbonyl (C=O) groups excluding carboxylic acids is 12. The summed E-state index contributed by atoms with van der Waals surface area (Å²) >= 11 is 0. The summed E-state index contributed by atoms with van der Waals surface area (Å²) in [7, 11) is 0. The number of aliphatic hydroxyl groups is 2. The number of carbonyl (C=O) groups is 12. The molecule has 0 aromatic carbocycles. The van der Waals surface area contributed by atoms with Gasteiger partial charge >= 0.3 is 71.6 Å². The molecule has 0 aliphatic carbocycles. The number of rotatable bonds is 66. The summed E-state index contributed by atoms with van der Waals surface area (Å²) in [4.78, 5) is 131. The highest BCUT2D eigenvalue weighted by atomic mass is 16.6. The van der Waals surface area contributed by atoms with E-state index in [2.05, 4.69) is 84.7 Å². The Morgan fingerprint density at radius 3 is 0.706 bits per heavy atom. The molecule has 0 bridgehead atoms. The molecule has 0 aromatic heterocycles. The molecular weight excluding hydrogens is 1440 g/mol. The van der Waals surface area contributed by atoms with Crippen molar-refractivity contribution in [2.45, 2.75) is 129 Å². The first-order valence-electron chi connectivity index (χ1n) is 35.4. The molecule has 32 heteroatoms. The van der Waals surface area contributed by atoms with Gasteiger partial charge in [0.25, 0.3) is 0 Å². The van der Waals surface area contributed by atoms with Gasteiger partial charge in [-0.05, 0) is 64.2 Å². The lowest BCUT2D eigenvalue weighted by Gasteiger charge is -2.22. The lowest BCUT2D eigenvalue weighted by Crippen LogP contribution is -2.27. The Hall–Kier alpha value is -9.28. The average Bonchev–Trinajstić information content (AvgIpc) is 0.923. The van der Waals surface area contributed by atoms with Crippen molar-refractivity contribution in [2.24, 2.45) is 5.41 Å². The van der Waals surface area contributed by atoms with Crippen LogP contribution in [0.4, 0.5) is 0 Å². The maximum Gasteiger partial charge on any atom is 0.330 e. The third kappa shape index (κ3) is 91.0. The van der Waals surface area contributed by atoms with E-state index in [4.69, 9.17) is 66.3 Å². The molecule has 0 fully saturated rings. The third-order valence-corrected chi connectivity index (χ3v) is 12.4. The monoisotopic (exact) mass is 1560 g/mol. The fourth-order valence-corrected chi connectivity index (χ4v) is 6.81. The minimum absolute atomic E-state index is 0.110. The van der Waals surface area contributed by atoms with Crippen molar-refractivity contribution in [1.82, 2.24) is 0 Å². The number of hydrogen-bond donors (Lipinski definition) is 2. The maximum atomic E-state index is 11.5. The summed E-state index contributed by atoms with van der Waals surface area (Å²) in [5, 5.41) is 19.0. The molecule has 620 valence electrons. The molecule has 0 aliphatic heterocycles. The van der Waals surface area contributed by atoms with Crippen LogP contribution < -0.4 is 0 Å². The predicted octanol–water partition coefficient (Wildman–Crippen LogP) is 7.40. The second-order valence-electron chi connectivity index (χ2n) is 22.5. The highest BCUT2D eigenvalue weighted by Gasteiger charge is 2.22. The molecule has 0 aliphatic rings. The molecule has 0 amide bonds. The van der Waals surface area contributed by atoms with E-state index in [1.54, 1.807) is 0 Å². The van der Waals surface area contributed by atoms with Gasteiger partial charge in [-0.15, -0.1) is 0 Å². The Morgan fingerprint density at radius 1 is 0.239 bits per heavy atom. The van der Waals surface area contributed by atoms with E-state index in [-0.39, 0.29) is 118 Å². The van der Waals surface area contributed by atoms with Gasteiger partial charge in [-0.2, -0.15) is 0 Å². The van der Waals surface area contributed by atoms with Gasteiger partial charge in [0.15, 0.2) is 0 Å². The van der Waals surface area contributed by atoms with E-state index in [1.165, 1.54) is 0 Å². The first-order chi connectivity index (χ1) is 52.3. The van der Waals surface area contributed by atoms with Crippen molar-refractivity contribution in [3.63, 3.8) is 0 Å². The van der Waals surface area contributed by atoms with Crippen molar-refractivity contribution in [1.29, 1.82) is 0 Å². The highest BCUT2D eigenvalue weighted by molar-refractivity contribution is 5.84.